The largest absolute Gasteiger partial charge is 0.368 e. The van der Waals surface area contributed by atoms with Crippen LogP contribution in [0.3, 0.4) is 0 Å². The fourth-order valence-corrected chi connectivity index (χ4v) is 3.99. The number of fused-ring (bicyclic) bond motifs is 1. The lowest BCUT2D eigenvalue weighted by atomic mass is 9.85. The second-order valence-electron chi connectivity index (χ2n) is 6.31. The van der Waals surface area contributed by atoms with E-state index in [2.05, 4.69) is 17.1 Å². The van der Waals surface area contributed by atoms with Crippen molar-refractivity contribution >= 4 is 5.69 Å². The number of nitrogens with one attached hydrogen (secondary N) is 1. The summed E-state index contributed by atoms with van der Waals surface area (Å²) in [5.74, 6) is 0.719. The summed E-state index contributed by atoms with van der Waals surface area (Å²) in [6.07, 6.45) is 6.71. The van der Waals surface area contributed by atoms with Crippen LogP contribution >= 0.6 is 0 Å². The molecule has 1 aromatic rings. The highest BCUT2D eigenvalue weighted by Crippen LogP contribution is 2.41. The van der Waals surface area contributed by atoms with E-state index in [1.807, 2.05) is 13.1 Å². The molecule has 20 heavy (non-hydrogen) atoms. The maximum Gasteiger partial charge on any atom is 0.123 e. The Bertz CT molecular complexity index is 474. The Labute approximate surface area is 121 Å². The summed E-state index contributed by atoms with van der Waals surface area (Å²) in [6.45, 7) is 3.23. The predicted molar refractivity (Wildman–Crippen MR) is 81.6 cm³/mol. The highest BCUT2D eigenvalue weighted by Gasteiger charge is 2.36. The van der Waals surface area contributed by atoms with E-state index >= 15 is 0 Å². The zero-order chi connectivity index (χ0) is 14.1. The first kappa shape index (κ1) is 13.9. The fraction of sp³-hybridized carbons (Fsp3) is 0.647. The van der Waals surface area contributed by atoms with Gasteiger partial charge in [-0.3, -0.25) is 0 Å². The van der Waals surface area contributed by atoms with Crippen LogP contribution < -0.4 is 10.2 Å². The third-order valence-electron chi connectivity index (χ3n) is 5.21. The Morgan fingerprint density at radius 1 is 1.25 bits per heavy atom. The molecule has 0 bridgehead atoms. The van der Waals surface area contributed by atoms with Gasteiger partial charge in [-0.15, -0.1) is 0 Å². The van der Waals surface area contributed by atoms with E-state index in [-0.39, 0.29) is 11.9 Å². The lowest BCUT2D eigenvalue weighted by Gasteiger charge is -2.35. The summed E-state index contributed by atoms with van der Waals surface area (Å²) in [5.41, 5.74) is 2.33. The van der Waals surface area contributed by atoms with E-state index in [0.29, 0.717) is 6.04 Å². The van der Waals surface area contributed by atoms with Crippen molar-refractivity contribution in [3.63, 3.8) is 0 Å². The monoisotopic (exact) mass is 276 g/mol. The van der Waals surface area contributed by atoms with Crippen molar-refractivity contribution in [2.24, 2.45) is 5.92 Å². The van der Waals surface area contributed by atoms with Crippen LogP contribution in [0.25, 0.3) is 0 Å². The normalized spacial score (nSPS) is 27.4. The highest BCUT2D eigenvalue weighted by molar-refractivity contribution is 5.57. The molecule has 2 aliphatic rings. The van der Waals surface area contributed by atoms with Crippen molar-refractivity contribution in [2.45, 2.75) is 51.1 Å². The van der Waals surface area contributed by atoms with Gasteiger partial charge in [-0.2, -0.15) is 0 Å². The van der Waals surface area contributed by atoms with Gasteiger partial charge in [0.15, 0.2) is 0 Å². The van der Waals surface area contributed by atoms with Crippen LogP contribution in [0.15, 0.2) is 18.2 Å². The molecular formula is C17H25FN2. The maximum absolute atomic E-state index is 13.6. The van der Waals surface area contributed by atoms with Crippen LogP contribution in [0, 0.1) is 11.7 Å². The van der Waals surface area contributed by atoms with Gasteiger partial charge in [0.1, 0.15) is 5.82 Å². The smallest absolute Gasteiger partial charge is 0.123 e. The summed E-state index contributed by atoms with van der Waals surface area (Å²) in [5, 5.41) is 3.25. The lowest BCUT2D eigenvalue weighted by Crippen LogP contribution is -2.35. The number of halogens is 1. The Hall–Kier alpha value is -1.09. The topological polar surface area (TPSA) is 15.3 Å². The van der Waals surface area contributed by atoms with Crippen LogP contribution in [0.5, 0.6) is 0 Å². The second-order valence-corrected chi connectivity index (χ2v) is 6.31. The SMILES string of the molecule is CNC(C)c1cc(F)ccc1N1CCC2CCCCC21. The molecule has 2 nitrogen and oxygen atoms in total. The van der Waals surface area contributed by atoms with Gasteiger partial charge in [-0.05, 0) is 62.9 Å². The zero-order valence-corrected chi connectivity index (χ0v) is 12.5. The first-order valence-electron chi connectivity index (χ1n) is 7.94. The van der Waals surface area contributed by atoms with E-state index in [9.17, 15) is 4.39 Å². The minimum Gasteiger partial charge on any atom is -0.368 e. The molecule has 3 heteroatoms. The van der Waals surface area contributed by atoms with Crippen LogP contribution in [-0.2, 0) is 0 Å². The van der Waals surface area contributed by atoms with Crippen LogP contribution in [0.2, 0.25) is 0 Å². The van der Waals surface area contributed by atoms with Crippen LogP contribution in [0.1, 0.15) is 50.6 Å². The fourth-order valence-electron chi connectivity index (χ4n) is 3.99. The Kier molecular flexibility index (Phi) is 3.97. The minimum absolute atomic E-state index is 0.134. The maximum atomic E-state index is 13.6. The highest BCUT2D eigenvalue weighted by atomic mass is 19.1. The molecule has 0 spiro atoms. The third kappa shape index (κ3) is 2.44. The molecule has 3 atom stereocenters. The molecule has 3 unspecified atom stereocenters. The van der Waals surface area contributed by atoms with E-state index in [1.165, 1.54) is 37.8 Å². The summed E-state index contributed by atoms with van der Waals surface area (Å²) in [6, 6.07) is 6.15. The molecule has 3 rings (SSSR count). The van der Waals surface area contributed by atoms with E-state index in [0.717, 1.165) is 18.0 Å². The number of anilines is 1. The molecule has 2 fully saturated rings. The van der Waals surface area contributed by atoms with Gasteiger partial charge in [0.2, 0.25) is 0 Å². The van der Waals surface area contributed by atoms with Gasteiger partial charge in [0.05, 0.1) is 0 Å². The standard InChI is InChI=1S/C17H25FN2/c1-12(19-2)15-11-14(18)7-8-17(15)20-10-9-13-5-3-4-6-16(13)20/h7-8,11-13,16,19H,3-6,9-10H2,1-2H3. The van der Waals surface area contributed by atoms with E-state index < -0.39 is 0 Å². The van der Waals surface area contributed by atoms with E-state index in [1.54, 1.807) is 12.1 Å². The molecule has 0 amide bonds. The summed E-state index contributed by atoms with van der Waals surface area (Å²) in [7, 11) is 1.94. The van der Waals surface area contributed by atoms with Crippen molar-refractivity contribution in [3.05, 3.63) is 29.6 Å². The molecule has 1 aromatic carbocycles. The summed E-state index contributed by atoms with van der Waals surface area (Å²) < 4.78 is 13.6. The molecule has 1 saturated heterocycles. The number of nitrogens with zero attached hydrogens (tertiary/aromatic N) is 1. The Balaban J connectivity index is 1.93. The van der Waals surface area contributed by atoms with Crippen molar-refractivity contribution in [1.29, 1.82) is 0 Å². The molecular weight excluding hydrogens is 251 g/mol. The van der Waals surface area contributed by atoms with Crippen LogP contribution in [-0.4, -0.2) is 19.6 Å². The molecule has 1 aliphatic carbocycles. The number of hydrogen-bond acceptors (Lipinski definition) is 2. The van der Waals surface area contributed by atoms with Crippen molar-refractivity contribution in [1.82, 2.24) is 5.32 Å². The van der Waals surface area contributed by atoms with Gasteiger partial charge >= 0.3 is 0 Å². The van der Waals surface area contributed by atoms with Crippen molar-refractivity contribution in [2.75, 3.05) is 18.5 Å². The average molecular weight is 276 g/mol. The van der Waals surface area contributed by atoms with Crippen molar-refractivity contribution < 1.29 is 4.39 Å². The molecule has 1 heterocycles. The third-order valence-corrected chi connectivity index (χ3v) is 5.21. The molecule has 110 valence electrons. The molecule has 0 radical (unpaired) electrons. The average Bonchev–Trinajstić information content (AvgIpc) is 2.90. The second kappa shape index (κ2) is 5.72. The number of hydrogen-bond donors (Lipinski definition) is 1. The Morgan fingerprint density at radius 3 is 2.85 bits per heavy atom. The predicted octanol–water partition coefficient (Wildman–Crippen LogP) is 3.88. The quantitative estimate of drug-likeness (QED) is 0.901. The van der Waals surface area contributed by atoms with Gasteiger partial charge < -0.3 is 10.2 Å². The van der Waals surface area contributed by atoms with Crippen molar-refractivity contribution in [3.8, 4) is 0 Å². The van der Waals surface area contributed by atoms with Gasteiger partial charge in [-0.1, -0.05) is 12.8 Å². The Morgan fingerprint density at radius 2 is 2.05 bits per heavy atom. The molecule has 1 aliphatic heterocycles. The molecule has 1 saturated carbocycles. The number of rotatable bonds is 3. The summed E-state index contributed by atoms with van der Waals surface area (Å²) >= 11 is 0. The summed E-state index contributed by atoms with van der Waals surface area (Å²) in [4.78, 5) is 2.55. The lowest BCUT2D eigenvalue weighted by molar-refractivity contribution is 0.342. The minimum atomic E-state index is -0.134. The van der Waals surface area contributed by atoms with Gasteiger partial charge in [0.25, 0.3) is 0 Å². The zero-order valence-electron chi connectivity index (χ0n) is 12.5. The van der Waals surface area contributed by atoms with Gasteiger partial charge in [-0.25, -0.2) is 4.39 Å². The first-order valence-corrected chi connectivity index (χ1v) is 7.94. The van der Waals surface area contributed by atoms with Gasteiger partial charge in [0, 0.05) is 24.3 Å². The van der Waals surface area contributed by atoms with Crippen LogP contribution in [0.4, 0.5) is 10.1 Å². The number of benzene rings is 1. The molecule has 0 aromatic heterocycles. The first-order chi connectivity index (χ1) is 9.70. The van der Waals surface area contributed by atoms with E-state index in [4.69, 9.17) is 0 Å². The molecule has 1 N–H and O–H groups in total.